The molecule has 5 nitrogen and oxygen atoms in total. The molecule has 0 spiro atoms. The van der Waals surface area contributed by atoms with E-state index in [4.69, 9.17) is 0 Å². The van der Waals surface area contributed by atoms with E-state index in [1.165, 1.54) is 11.6 Å². The van der Waals surface area contributed by atoms with Crippen molar-refractivity contribution in [3.05, 3.63) is 59.2 Å². The Kier molecular flexibility index (Phi) is 4.34. The highest BCUT2D eigenvalue weighted by molar-refractivity contribution is 5.67. The van der Waals surface area contributed by atoms with Gasteiger partial charge in [-0.25, -0.2) is 4.98 Å². The number of phenols is 1. The minimum absolute atomic E-state index is 0.202. The lowest BCUT2D eigenvalue weighted by Crippen LogP contribution is -2.21. The summed E-state index contributed by atoms with van der Waals surface area (Å²) in [4.78, 5) is 3.94. The number of aromatic nitrogens is 3. The summed E-state index contributed by atoms with van der Waals surface area (Å²) in [6.07, 6.45) is 2.97. The van der Waals surface area contributed by atoms with Crippen molar-refractivity contribution in [1.82, 2.24) is 15.2 Å². The minimum atomic E-state index is -0.543. The van der Waals surface area contributed by atoms with Gasteiger partial charge in [-0.3, -0.25) is 5.10 Å². The van der Waals surface area contributed by atoms with Crippen LogP contribution in [0, 0.1) is 11.4 Å². The third-order valence-corrected chi connectivity index (χ3v) is 5.11. The number of hydrogen-bond acceptors (Lipinski definition) is 4. The number of hydrogen-bond donors (Lipinski definition) is 3. The lowest BCUT2D eigenvalue weighted by molar-refractivity contribution is 0.312. The number of H-pyrrole nitrogens is 1. The van der Waals surface area contributed by atoms with Gasteiger partial charge < -0.3 is 10.4 Å². The summed E-state index contributed by atoms with van der Waals surface area (Å²) >= 11 is 0. The first kappa shape index (κ1) is 17.5. The summed E-state index contributed by atoms with van der Waals surface area (Å²) in [7, 11) is 0. The van der Waals surface area contributed by atoms with Crippen molar-refractivity contribution in [3.63, 3.8) is 0 Å². The van der Waals surface area contributed by atoms with Crippen molar-refractivity contribution in [3.8, 4) is 17.0 Å². The second kappa shape index (κ2) is 6.68. The number of phenolic OH excluding ortho intramolecular Hbond substituents is 1. The zero-order chi connectivity index (χ0) is 19.0. The lowest BCUT2D eigenvalue weighted by Gasteiger charge is -2.29. The Bertz CT molecular complexity index is 980. The molecule has 0 unspecified atom stereocenters. The predicted molar refractivity (Wildman–Crippen MR) is 103 cm³/mol. The largest absolute Gasteiger partial charge is 0.508 e. The molecule has 0 radical (unpaired) electrons. The maximum Gasteiger partial charge on any atom is 0.215 e. The molecule has 6 heteroatoms. The van der Waals surface area contributed by atoms with Crippen LogP contribution in [-0.4, -0.2) is 20.3 Å². The fraction of sp³-hybridized carbons (Fsp3) is 0.333. The van der Waals surface area contributed by atoms with E-state index in [1.54, 1.807) is 18.2 Å². The van der Waals surface area contributed by atoms with Crippen LogP contribution in [0.25, 0.3) is 11.3 Å². The van der Waals surface area contributed by atoms with Gasteiger partial charge in [0.05, 0.1) is 5.69 Å². The molecule has 0 saturated carbocycles. The van der Waals surface area contributed by atoms with Crippen molar-refractivity contribution in [2.24, 2.45) is 5.41 Å². The molecule has 27 heavy (non-hydrogen) atoms. The van der Waals surface area contributed by atoms with Gasteiger partial charge in [-0.2, -0.15) is 9.49 Å². The zero-order valence-electron chi connectivity index (χ0n) is 15.5. The third kappa shape index (κ3) is 3.79. The molecule has 1 aliphatic rings. The minimum Gasteiger partial charge on any atom is -0.508 e. The molecule has 3 N–H and O–H groups in total. The monoisotopic (exact) mass is 366 g/mol. The van der Waals surface area contributed by atoms with Gasteiger partial charge in [-0.1, -0.05) is 26.0 Å². The van der Waals surface area contributed by atoms with Crippen LogP contribution in [0.15, 0.2) is 36.4 Å². The van der Waals surface area contributed by atoms with Gasteiger partial charge in [0.15, 0.2) is 0 Å². The normalized spacial score (nSPS) is 15.4. The Morgan fingerprint density at radius 1 is 1.26 bits per heavy atom. The predicted octanol–water partition coefficient (Wildman–Crippen LogP) is 4.44. The van der Waals surface area contributed by atoms with E-state index < -0.39 is 5.95 Å². The summed E-state index contributed by atoms with van der Waals surface area (Å²) < 4.78 is 14.1. The van der Waals surface area contributed by atoms with Crippen molar-refractivity contribution in [2.75, 3.05) is 5.32 Å². The fourth-order valence-electron chi connectivity index (χ4n) is 3.67. The number of benzene rings is 1. The van der Waals surface area contributed by atoms with Gasteiger partial charge in [0.25, 0.3) is 0 Å². The molecule has 0 bridgehead atoms. The lowest BCUT2D eigenvalue weighted by atomic mass is 9.76. The number of rotatable bonds is 4. The van der Waals surface area contributed by atoms with Crippen LogP contribution in [0.1, 0.15) is 37.1 Å². The number of halogens is 1. The maximum atomic E-state index is 14.1. The van der Waals surface area contributed by atoms with E-state index in [0.29, 0.717) is 12.4 Å². The van der Waals surface area contributed by atoms with Crippen LogP contribution >= 0.6 is 0 Å². The molecule has 0 atom stereocenters. The van der Waals surface area contributed by atoms with E-state index >= 15 is 0 Å². The number of aromatic amines is 1. The second-order valence-corrected chi connectivity index (χ2v) is 7.96. The van der Waals surface area contributed by atoms with Crippen LogP contribution in [0.4, 0.5) is 10.2 Å². The van der Waals surface area contributed by atoms with Gasteiger partial charge in [-0.05, 0) is 48.4 Å². The average Bonchev–Trinajstić information content (AvgIpc) is 3.01. The summed E-state index contributed by atoms with van der Waals surface area (Å²) in [6.45, 7) is 4.95. The van der Waals surface area contributed by atoms with Crippen molar-refractivity contribution in [2.45, 2.75) is 39.7 Å². The SMILES string of the molecule is CC1(C)CCc2c(-c3cc(F)nc(NCc4cccc(O)c4)c3)n[nH]c2C1. The van der Waals surface area contributed by atoms with Crippen molar-refractivity contribution in [1.29, 1.82) is 0 Å². The van der Waals surface area contributed by atoms with Gasteiger partial charge in [0, 0.05) is 29.4 Å². The first-order chi connectivity index (χ1) is 12.9. The molecule has 1 aromatic carbocycles. The zero-order valence-corrected chi connectivity index (χ0v) is 15.5. The summed E-state index contributed by atoms with van der Waals surface area (Å²) in [5, 5.41) is 20.3. The van der Waals surface area contributed by atoms with Crippen molar-refractivity contribution >= 4 is 5.82 Å². The van der Waals surface area contributed by atoms with Crippen molar-refractivity contribution < 1.29 is 9.50 Å². The highest BCUT2D eigenvalue weighted by Gasteiger charge is 2.29. The molecule has 2 aromatic heterocycles. The molecule has 2 heterocycles. The van der Waals surface area contributed by atoms with Crippen LogP contribution in [0.2, 0.25) is 0 Å². The number of nitrogens with one attached hydrogen (secondary N) is 2. The standard InChI is InChI=1S/C21H23FN4O/c1-21(2)7-6-16-17(11-21)25-26-20(16)14-9-18(22)24-19(10-14)23-12-13-4-3-5-15(27)8-13/h3-5,8-10,27H,6-7,11-12H2,1-2H3,(H,23,24)(H,25,26). The number of nitrogens with zero attached hydrogens (tertiary/aromatic N) is 2. The van der Waals surface area contributed by atoms with Gasteiger partial charge in [0.1, 0.15) is 11.6 Å². The Morgan fingerprint density at radius 3 is 2.93 bits per heavy atom. The Hall–Kier alpha value is -2.89. The van der Waals surface area contributed by atoms with Crippen LogP contribution < -0.4 is 5.32 Å². The Balaban J connectivity index is 1.59. The molecule has 0 saturated heterocycles. The molecule has 3 aromatic rings. The highest BCUT2D eigenvalue weighted by Crippen LogP contribution is 2.38. The molecular weight excluding hydrogens is 343 g/mol. The first-order valence-corrected chi connectivity index (χ1v) is 9.15. The summed E-state index contributed by atoms with van der Waals surface area (Å²) in [6, 6.07) is 10.2. The smallest absolute Gasteiger partial charge is 0.215 e. The Morgan fingerprint density at radius 2 is 2.11 bits per heavy atom. The Labute approximate surface area is 157 Å². The number of pyridine rings is 1. The third-order valence-electron chi connectivity index (χ3n) is 5.11. The molecule has 4 rings (SSSR count). The van der Waals surface area contributed by atoms with Gasteiger partial charge in [0.2, 0.25) is 5.95 Å². The van der Waals surface area contributed by atoms with Crippen LogP contribution in [0.5, 0.6) is 5.75 Å². The van der Waals surface area contributed by atoms with E-state index in [2.05, 4.69) is 34.3 Å². The molecular formula is C21H23FN4O. The fourth-order valence-corrected chi connectivity index (χ4v) is 3.67. The average molecular weight is 366 g/mol. The van der Waals surface area contributed by atoms with Crippen LogP contribution in [-0.2, 0) is 19.4 Å². The van der Waals surface area contributed by atoms with Crippen LogP contribution in [0.3, 0.4) is 0 Å². The van der Waals surface area contributed by atoms with E-state index in [9.17, 15) is 9.50 Å². The van der Waals surface area contributed by atoms with E-state index in [-0.39, 0.29) is 11.2 Å². The van der Waals surface area contributed by atoms with E-state index in [1.807, 2.05) is 12.1 Å². The highest BCUT2D eigenvalue weighted by atomic mass is 19.1. The maximum absolute atomic E-state index is 14.1. The topological polar surface area (TPSA) is 73.8 Å². The second-order valence-electron chi connectivity index (χ2n) is 7.96. The van der Waals surface area contributed by atoms with E-state index in [0.717, 1.165) is 41.8 Å². The van der Waals surface area contributed by atoms with Gasteiger partial charge >= 0.3 is 0 Å². The molecule has 140 valence electrons. The molecule has 0 aliphatic heterocycles. The first-order valence-electron chi connectivity index (χ1n) is 9.15. The number of aromatic hydroxyl groups is 1. The summed E-state index contributed by atoms with van der Waals surface area (Å²) in [5.41, 5.74) is 5.00. The molecule has 0 amide bonds. The number of anilines is 1. The molecule has 1 aliphatic carbocycles. The summed E-state index contributed by atoms with van der Waals surface area (Å²) in [5.74, 6) is 0.105. The number of fused-ring (bicyclic) bond motifs is 1. The molecule has 0 fully saturated rings. The van der Waals surface area contributed by atoms with Gasteiger partial charge in [-0.15, -0.1) is 0 Å². The quantitative estimate of drug-likeness (QED) is 0.597.